The first-order valence-electron chi connectivity index (χ1n) is 7.87. The summed E-state index contributed by atoms with van der Waals surface area (Å²) in [7, 11) is 0. The van der Waals surface area contributed by atoms with Crippen LogP contribution in [0, 0.1) is 4.91 Å². The van der Waals surface area contributed by atoms with E-state index in [0.717, 1.165) is 16.3 Å². The number of hydrogen-bond acceptors (Lipinski definition) is 5. The first-order chi connectivity index (χ1) is 11.1. The van der Waals surface area contributed by atoms with Crippen LogP contribution in [0.15, 0.2) is 47.6 Å². The Bertz CT molecular complexity index is 739. The zero-order chi connectivity index (χ0) is 16.0. The molecule has 5 heteroatoms. The third-order valence-electron chi connectivity index (χ3n) is 4.53. The number of nitrogens with zero attached hydrogens (tertiary/aromatic N) is 1. The van der Waals surface area contributed by atoms with E-state index in [-0.39, 0.29) is 31.0 Å². The predicted octanol–water partition coefficient (Wildman–Crippen LogP) is 3.57. The monoisotopic (exact) mass is 313 g/mol. The standard InChI is InChI=1S/C18H19NO4/c1-18(2)22-16-14(10-19-20)21-15(17(16)23-18)13-9-5-7-11-6-3-4-8-12(11)13/h3-9,14-17H,10H2,1-2H3/t14-,15?,16-,17+/m1/s1. The highest BCUT2D eigenvalue weighted by atomic mass is 16.8. The van der Waals surface area contributed by atoms with E-state index in [1.54, 1.807) is 0 Å². The first kappa shape index (κ1) is 14.8. The highest BCUT2D eigenvalue weighted by Gasteiger charge is 2.55. The van der Waals surface area contributed by atoms with Gasteiger partial charge >= 0.3 is 0 Å². The summed E-state index contributed by atoms with van der Waals surface area (Å²) in [5, 5.41) is 5.29. The molecule has 0 aliphatic carbocycles. The smallest absolute Gasteiger partial charge is 0.164 e. The van der Waals surface area contributed by atoms with Crippen LogP contribution in [0.1, 0.15) is 25.5 Å². The zero-order valence-electron chi connectivity index (χ0n) is 13.1. The second-order valence-electron chi connectivity index (χ2n) is 6.54. The van der Waals surface area contributed by atoms with Gasteiger partial charge in [0.1, 0.15) is 31.0 Å². The number of nitroso groups, excluding NO2 is 1. The Morgan fingerprint density at radius 3 is 2.61 bits per heavy atom. The van der Waals surface area contributed by atoms with Gasteiger partial charge in [0.05, 0.1) is 0 Å². The second-order valence-corrected chi connectivity index (χ2v) is 6.54. The molecule has 4 atom stereocenters. The normalized spacial score (nSPS) is 32.1. The topological polar surface area (TPSA) is 57.1 Å². The molecule has 2 fully saturated rings. The maximum Gasteiger partial charge on any atom is 0.164 e. The van der Waals surface area contributed by atoms with E-state index in [2.05, 4.69) is 29.4 Å². The average molecular weight is 313 g/mol. The summed E-state index contributed by atoms with van der Waals surface area (Å²) >= 11 is 0. The van der Waals surface area contributed by atoms with Crippen LogP contribution in [0.5, 0.6) is 0 Å². The highest BCUT2D eigenvalue weighted by Crippen LogP contribution is 2.46. The van der Waals surface area contributed by atoms with Crippen LogP contribution in [-0.2, 0) is 14.2 Å². The molecule has 0 saturated carbocycles. The molecule has 23 heavy (non-hydrogen) atoms. The van der Waals surface area contributed by atoms with Crippen molar-refractivity contribution in [3.8, 4) is 0 Å². The van der Waals surface area contributed by atoms with Gasteiger partial charge in [0.2, 0.25) is 0 Å². The predicted molar refractivity (Wildman–Crippen MR) is 86.0 cm³/mol. The number of hydrogen-bond donors (Lipinski definition) is 0. The fourth-order valence-electron chi connectivity index (χ4n) is 3.65. The molecular formula is C18H19NO4. The van der Waals surface area contributed by atoms with Crippen LogP contribution in [0.25, 0.3) is 10.8 Å². The molecule has 1 unspecified atom stereocenters. The van der Waals surface area contributed by atoms with Crippen molar-refractivity contribution in [3.63, 3.8) is 0 Å². The maximum atomic E-state index is 10.7. The van der Waals surface area contributed by atoms with E-state index in [4.69, 9.17) is 14.2 Å². The molecule has 2 saturated heterocycles. The van der Waals surface area contributed by atoms with E-state index in [1.807, 2.05) is 32.0 Å². The van der Waals surface area contributed by atoms with Crippen LogP contribution in [0.4, 0.5) is 0 Å². The molecule has 0 N–H and O–H groups in total. The fraction of sp³-hybridized carbons (Fsp3) is 0.444. The molecule has 2 aromatic carbocycles. The van der Waals surface area contributed by atoms with E-state index in [9.17, 15) is 4.91 Å². The van der Waals surface area contributed by atoms with Gasteiger partial charge in [-0.05, 0) is 30.2 Å². The third-order valence-corrected chi connectivity index (χ3v) is 4.53. The lowest BCUT2D eigenvalue weighted by atomic mass is 9.96. The summed E-state index contributed by atoms with van der Waals surface area (Å²) in [6.45, 7) is 3.84. The van der Waals surface area contributed by atoms with Crippen molar-refractivity contribution in [1.82, 2.24) is 0 Å². The molecule has 2 aliphatic rings. The summed E-state index contributed by atoms with van der Waals surface area (Å²) in [5.74, 6) is -0.677. The minimum absolute atomic E-state index is 0.0713. The molecule has 5 nitrogen and oxygen atoms in total. The number of fused-ring (bicyclic) bond motifs is 2. The number of rotatable bonds is 3. The fourth-order valence-corrected chi connectivity index (χ4v) is 3.65. The molecule has 0 radical (unpaired) electrons. The Balaban J connectivity index is 1.77. The van der Waals surface area contributed by atoms with E-state index < -0.39 is 5.79 Å². The Morgan fingerprint density at radius 2 is 1.78 bits per heavy atom. The molecule has 0 bridgehead atoms. The molecule has 0 amide bonds. The van der Waals surface area contributed by atoms with Crippen molar-refractivity contribution < 1.29 is 14.2 Å². The summed E-state index contributed by atoms with van der Waals surface area (Å²) < 4.78 is 18.1. The third kappa shape index (κ3) is 2.45. The molecule has 4 rings (SSSR count). The van der Waals surface area contributed by atoms with Gasteiger partial charge < -0.3 is 14.2 Å². The molecule has 0 aromatic heterocycles. The van der Waals surface area contributed by atoms with Crippen LogP contribution >= 0.6 is 0 Å². The van der Waals surface area contributed by atoms with Gasteiger partial charge in [-0.2, -0.15) is 4.91 Å². The molecular weight excluding hydrogens is 294 g/mol. The summed E-state index contributed by atoms with van der Waals surface area (Å²) in [6.07, 6.45) is -1.14. The summed E-state index contributed by atoms with van der Waals surface area (Å²) in [4.78, 5) is 10.7. The minimum atomic E-state index is -0.677. The summed E-state index contributed by atoms with van der Waals surface area (Å²) in [6, 6.07) is 14.3. The van der Waals surface area contributed by atoms with Crippen molar-refractivity contribution in [2.24, 2.45) is 5.18 Å². The van der Waals surface area contributed by atoms with Gasteiger partial charge in [-0.15, -0.1) is 0 Å². The van der Waals surface area contributed by atoms with Crippen molar-refractivity contribution in [1.29, 1.82) is 0 Å². The Kier molecular flexibility index (Phi) is 3.44. The van der Waals surface area contributed by atoms with Crippen molar-refractivity contribution in [2.75, 3.05) is 6.54 Å². The van der Waals surface area contributed by atoms with Crippen LogP contribution in [0.3, 0.4) is 0 Å². The van der Waals surface area contributed by atoms with Crippen molar-refractivity contribution in [3.05, 3.63) is 52.9 Å². The van der Waals surface area contributed by atoms with E-state index >= 15 is 0 Å². The van der Waals surface area contributed by atoms with E-state index in [1.165, 1.54) is 0 Å². The Labute approximate surface area is 134 Å². The average Bonchev–Trinajstić information content (AvgIpc) is 3.01. The van der Waals surface area contributed by atoms with Crippen LogP contribution < -0.4 is 0 Å². The minimum Gasteiger partial charge on any atom is -0.363 e. The molecule has 2 heterocycles. The molecule has 120 valence electrons. The summed E-state index contributed by atoms with van der Waals surface area (Å²) in [5.41, 5.74) is 1.06. The quantitative estimate of drug-likeness (QED) is 0.813. The van der Waals surface area contributed by atoms with Gasteiger partial charge in [0.25, 0.3) is 0 Å². The van der Waals surface area contributed by atoms with Gasteiger partial charge in [-0.25, -0.2) is 0 Å². The van der Waals surface area contributed by atoms with Crippen molar-refractivity contribution in [2.45, 2.75) is 44.1 Å². The van der Waals surface area contributed by atoms with Crippen LogP contribution in [0.2, 0.25) is 0 Å². The van der Waals surface area contributed by atoms with Crippen molar-refractivity contribution >= 4 is 10.8 Å². The number of benzene rings is 2. The Hall–Kier alpha value is -1.82. The zero-order valence-corrected chi connectivity index (χ0v) is 13.1. The molecule has 0 spiro atoms. The van der Waals surface area contributed by atoms with Gasteiger partial charge in [-0.3, -0.25) is 0 Å². The van der Waals surface area contributed by atoms with Gasteiger partial charge in [-0.1, -0.05) is 47.6 Å². The van der Waals surface area contributed by atoms with E-state index in [0.29, 0.717) is 0 Å². The SMILES string of the molecule is CC1(C)O[C@@H]2[C@@H](CN=O)OC(c3cccc4ccccc34)[C@@H]2O1. The lowest BCUT2D eigenvalue weighted by molar-refractivity contribution is -0.186. The number of ether oxygens (including phenoxy) is 3. The van der Waals surface area contributed by atoms with Gasteiger partial charge in [0.15, 0.2) is 5.79 Å². The Morgan fingerprint density at radius 1 is 1.04 bits per heavy atom. The lowest BCUT2D eigenvalue weighted by Crippen LogP contribution is -2.31. The molecule has 2 aliphatic heterocycles. The largest absolute Gasteiger partial charge is 0.363 e. The molecule has 2 aromatic rings. The highest BCUT2D eigenvalue weighted by molar-refractivity contribution is 5.86. The lowest BCUT2D eigenvalue weighted by Gasteiger charge is -2.24. The van der Waals surface area contributed by atoms with Crippen LogP contribution in [-0.4, -0.2) is 30.6 Å². The van der Waals surface area contributed by atoms with Gasteiger partial charge in [0, 0.05) is 0 Å². The first-order valence-corrected chi connectivity index (χ1v) is 7.87. The maximum absolute atomic E-state index is 10.7. The second kappa shape index (κ2) is 5.37.